The summed E-state index contributed by atoms with van der Waals surface area (Å²) in [6.07, 6.45) is 13.9. The highest BCUT2D eigenvalue weighted by molar-refractivity contribution is 5.09. The van der Waals surface area contributed by atoms with Crippen LogP contribution >= 0.6 is 0 Å². The van der Waals surface area contributed by atoms with Gasteiger partial charge in [0.05, 0.1) is 6.10 Å². The van der Waals surface area contributed by atoms with E-state index in [1.807, 2.05) is 0 Å². The maximum absolute atomic E-state index is 11.0. The first-order valence-corrected chi connectivity index (χ1v) is 9.23. The van der Waals surface area contributed by atoms with Crippen LogP contribution in [0.25, 0.3) is 0 Å². The van der Waals surface area contributed by atoms with E-state index in [9.17, 15) is 5.11 Å². The molecule has 4 saturated carbocycles. The number of hydrogen-bond acceptors (Lipinski definition) is 1. The van der Waals surface area contributed by atoms with Gasteiger partial charge < -0.3 is 5.11 Å². The van der Waals surface area contributed by atoms with Crippen molar-refractivity contribution < 1.29 is 5.11 Å². The molecule has 4 rings (SSSR count). The zero-order valence-electron chi connectivity index (χ0n) is 13.4. The summed E-state index contributed by atoms with van der Waals surface area (Å²) in [6, 6.07) is 0. The largest absolute Gasteiger partial charge is 0.393 e. The monoisotopic (exact) mass is 276 g/mol. The fourth-order valence-electron chi connectivity index (χ4n) is 7.43. The van der Waals surface area contributed by atoms with Gasteiger partial charge in [-0.3, -0.25) is 0 Å². The van der Waals surface area contributed by atoms with Gasteiger partial charge in [-0.15, -0.1) is 0 Å². The second kappa shape index (κ2) is 4.48. The number of fused-ring (bicyclic) bond motifs is 5. The van der Waals surface area contributed by atoms with Gasteiger partial charge in [-0.2, -0.15) is 0 Å². The first-order chi connectivity index (χ1) is 9.55. The first kappa shape index (κ1) is 13.6. The van der Waals surface area contributed by atoms with Crippen molar-refractivity contribution in [3.63, 3.8) is 0 Å². The lowest BCUT2D eigenvalue weighted by atomic mass is 9.44. The molecular weight excluding hydrogens is 244 g/mol. The summed E-state index contributed by atoms with van der Waals surface area (Å²) in [6.45, 7) is 5.04. The summed E-state index contributed by atoms with van der Waals surface area (Å²) in [5.74, 6) is 3.30. The fourth-order valence-corrected chi connectivity index (χ4v) is 7.43. The Kier molecular flexibility index (Phi) is 3.05. The van der Waals surface area contributed by atoms with Crippen LogP contribution in [-0.2, 0) is 0 Å². The van der Waals surface area contributed by atoms with Crippen molar-refractivity contribution in [2.75, 3.05) is 0 Å². The molecule has 1 N–H and O–H groups in total. The molecule has 1 nitrogen and oxygen atoms in total. The molecule has 4 fully saturated rings. The molecule has 20 heavy (non-hydrogen) atoms. The average molecular weight is 276 g/mol. The molecule has 0 aromatic heterocycles. The number of aliphatic hydroxyl groups excluding tert-OH is 1. The fraction of sp³-hybridized carbons (Fsp3) is 1.00. The summed E-state index contributed by atoms with van der Waals surface area (Å²) in [5, 5.41) is 11.0. The number of hydrogen-bond donors (Lipinski definition) is 1. The van der Waals surface area contributed by atoms with E-state index in [0.717, 1.165) is 24.2 Å². The normalized spacial score (nSPS) is 58.6. The van der Waals surface area contributed by atoms with Crippen LogP contribution in [-0.4, -0.2) is 11.2 Å². The SMILES string of the molecule is C[C@@]12CCC[C@H]1[C@@H]1CC[C@H]3CCCC[C@]3(C)[C@H]1[C@@H](O)C2. The van der Waals surface area contributed by atoms with Gasteiger partial charge >= 0.3 is 0 Å². The maximum atomic E-state index is 11.0. The van der Waals surface area contributed by atoms with Crippen LogP contribution in [0.1, 0.15) is 78.1 Å². The molecule has 0 aliphatic heterocycles. The van der Waals surface area contributed by atoms with E-state index in [1.54, 1.807) is 0 Å². The van der Waals surface area contributed by atoms with Crippen molar-refractivity contribution in [1.29, 1.82) is 0 Å². The zero-order chi connectivity index (χ0) is 14.0. The third kappa shape index (κ3) is 1.71. The summed E-state index contributed by atoms with van der Waals surface area (Å²) < 4.78 is 0. The van der Waals surface area contributed by atoms with Gasteiger partial charge in [-0.25, -0.2) is 0 Å². The van der Waals surface area contributed by atoms with Gasteiger partial charge in [-0.1, -0.05) is 33.1 Å². The summed E-state index contributed by atoms with van der Waals surface area (Å²) in [7, 11) is 0. The molecule has 4 aliphatic rings. The molecule has 1 heteroatoms. The molecule has 0 bridgehead atoms. The van der Waals surface area contributed by atoms with Gasteiger partial charge in [0.15, 0.2) is 0 Å². The van der Waals surface area contributed by atoms with Crippen LogP contribution in [0.5, 0.6) is 0 Å². The number of rotatable bonds is 0. The van der Waals surface area contributed by atoms with E-state index in [-0.39, 0.29) is 6.10 Å². The van der Waals surface area contributed by atoms with Gasteiger partial charge in [-0.05, 0) is 79.4 Å². The number of aliphatic hydroxyl groups is 1. The molecule has 7 atom stereocenters. The lowest BCUT2D eigenvalue weighted by Gasteiger charge is -2.61. The highest BCUT2D eigenvalue weighted by Gasteiger charge is 2.60. The third-order valence-corrected chi connectivity index (χ3v) is 8.29. The van der Waals surface area contributed by atoms with Crippen LogP contribution in [0.15, 0.2) is 0 Å². The van der Waals surface area contributed by atoms with Crippen LogP contribution in [0, 0.1) is 34.5 Å². The average Bonchev–Trinajstić information content (AvgIpc) is 2.78. The Bertz CT molecular complexity index is 391. The molecule has 0 aromatic rings. The molecule has 0 spiro atoms. The minimum atomic E-state index is -0.00903. The standard InChI is InChI=1S/C19H32O/c1-18-10-5-7-15(18)14-9-8-13-6-3-4-11-19(13,2)17(14)16(20)12-18/h13-17,20H,3-12H2,1-2H3/t13-,14+,15+,16+,17-,18+,19+/m1/s1. The van der Waals surface area contributed by atoms with Crippen molar-refractivity contribution in [2.45, 2.75) is 84.2 Å². The molecule has 0 amide bonds. The topological polar surface area (TPSA) is 20.2 Å². The van der Waals surface area contributed by atoms with E-state index < -0.39 is 0 Å². The summed E-state index contributed by atoms with van der Waals surface area (Å²) in [4.78, 5) is 0. The van der Waals surface area contributed by atoms with Crippen LogP contribution in [0.3, 0.4) is 0 Å². The van der Waals surface area contributed by atoms with Crippen molar-refractivity contribution in [3.8, 4) is 0 Å². The van der Waals surface area contributed by atoms with Gasteiger partial charge in [0.25, 0.3) is 0 Å². The Labute approximate surface area is 124 Å². The van der Waals surface area contributed by atoms with Crippen molar-refractivity contribution in [1.82, 2.24) is 0 Å². The quantitative estimate of drug-likeness (QED) is 0.675. The maximum Gasteiger partial charge on any atom is 0.0581 e. The molecule has 0 saturated heterocycles. The molecule has 0 heterocycles. The molecular formula is C19H32O. The molecule has 0 unspecified atom stereocenters. The second-order valence-electron chi connectivity index (χ2n) is 9.14. The Hall–Kier alpha value is -0.0400. The predicted molar refractivity (Wildman–Crippen MR) is 82.4 cm³/mol. The van der Waals surface area contributed by atoms with Crippen molar-refractivity contribution in [2.24, 2.45) is 34.5 Å². The lowest BCUT2D eigenvalue weighted by molar-refractivity contribution is -0.162. The highest BCUT2D eigenvalue weighted by Crippen LogP contribution is 2.66. The Morgan fingerprint density at radius 3 is 2.60 bits per heavy atom. The Morgan fingerprint density at radius 1 is 0.900 bits per heavy atom. The highest BCUT2D eigenvalue weighted by atomic mass is 16.3. The van der Waals surface area contributed by atoms with E-state index in [1.165, 1.54) is 57.8 Å². The minimum Gasteiger partial charge on any atom is -0.393 e. The lowest BCUT2D eigenvalue weighted by Crippen LogP contribution is -2.57. The molecule has 0 aromatic carbocycles. The summed E-state index contributed by atoms with van der Waals surface area (Å²) >= 11 is 0. The van der Waals surface area contributed by atoms with Crippen molar-refractivity contribution >= 4 is 0 Å². The van der Waals surface area contributed by atoms with Crippen molar-refractivity contribution in [3.05, 3.63) is 0 Å². The smallest absolute Gasteiger partial charge is 0.0581 e. The molecule has 0 radical (unpaired) electrons. The minimum absolute atomic E-state index is 0.00903. The second-order valence-corrected chi connectivity index (χ2v) is 9.14. The van der Waals surface area contributed by atoms with Gasteiger partial charge in [0.2, 0.25) is 0 Å². The van der Waals surface area contributed by atoms with E-state index in [2.05, 4.69) is 13.8 Å². The van der Waals surface area contributed by atoms with E-state index >= 15 is 0 Å². The first-order valence-electron chi connectivity index (χ1n) is 9.23. The Balaban J connectivity index is 1.69. The Morgan fingerprint density at radius 2 is 1.75 bits per heavy atom. The molecule has 114 valence electrons. The van der Waals surface area contributed by atoms with E-state index in [4.69, 9.17) is 0 Å². The van der Waals surface area contributed by atoms with Gasteiger partial charge in [0.1, 0.15) is 0 Å². The van der Waals surface area contributed by atoms with E-state index in [0.29, 0.717) is 16.7 Å². The third-order valence-electron chi connectivity index (χ3n) is 8.29. The van der Waals surface area contributed by atoms with Gasteiger partial charge in [0, 0.05) is 0 Å². The van der Waals surface area contributed by atoms with Crippen LogP contribution in [0.4, 0.5) is 0 Å². The zero-order valence-corrected chi connectivity index (χ0v) is 13.4. The predicted octanol–water partition coefficient (Wildman–Crippen LogP) is 4.78. The van der Waals surface area contributed by atoms with Crippen LogP contribution < -0.4 is 0 Å². The molecule has 4 aliphatic carbocycles. The van der Waals surface area contributed by atoms with Crippen LogP contribution in [0.2, 0.25) is 0 Å². The summed E-state index contributed by atoms with van der Waals surface area (Å²) in [5.41, 5.74) is 0.933.